The van der Waals surface area contributed by atoms with Crippen molar-refractivity contribution in [2.45, 2.75) is 11.3 Å². The van der Waals surface area contributed by atoms with Gasteiger partial charge in [-0.2, -0.15) is 0 Å². The molecule has 1 aliphatic heterocycles. The molecule has 2 nitrogen and oxygen atoms in total. The monoisotopic (exact) mass is 296 g/mol. The van der Waals surface area contributed by atoms with Gasteiger partial charge >= 0.3 is 0 Å². The molecule has 1 aliphatic rings. The molecule has 0 fully saturated rings. The van der Waals surface area contributed by atoms with Gasteiger partial charge in [-0.05, 0) is 17.5 Å². The predicted octanol–water partition coefficient (Wildman–Crippen LogP) is 4.70. The molecule has 0 atom stereocenters. The van der Waals surface area contributed by atoms with Crippen molar-refractivity contribution in [2.24, 2.45) is 4.99 Å². The van der Waals surface area contributed by atoms with Crippen LogP contribution in [0.1, 0.15) is 10.6 Å². The topological polar surface area (TPSA) is 25.2 Å². The highest BCUT2D eigenvalue weighted by molar-refractivity contribution is 7.99. The lowest BCUT2D eigenvalue weighted by molar-refractivity contribution is 1.05. The molecule has 0 N–H and O–H groups in total. The van der Waals surface area contributed by atoms with E-state index >= 15 is 0 Å². The van der Waals surface area contributed by atoms with Crippen molar-refractivity contribution in [1.82, 2.24) is 4.98 Å². The van der Waals surface area contributed by atoms with E-state index in [9.17, 15) is 0 Å². The summed E-state index contributed by atoms with van der Waals surface area (Å²) in [5, 5.41) is 3.22. The lowest BCUT2D eigenvalue weighted by Gasteiger charge is -2.07. The van der Waals surface area contributed by atoms with Gasteiger partial charge in [0.05, 0.1) is 21.8 Å². The summed E-state index contributed by atoms with van der Waals surface area (Å²) in [5.74, 6) is 1.11. The van der Waals surface area contributed by atoms with Gasteiger partial charge in [0, 0.05) is 28.7 Å². The van der Waals surface area contributed by atoms with Crippen LogP contribution >= 0.6 is 23.1 Å². The Morgan fingerprint density at radius 2 is 2.10 bits per heavy atom. The van der Waals surface area contributed by atoms with Crippen molar-refractivity contribution in [1.29, 1.82) is 0 Å². The largest absolute Gasteiger partial charge is 0.253 e. The second-order valence-corrected chi connectivity index (χ2v) is 6.71. The number of rotatable bonds is 2. The van der Waals surface area contributed by atoms with Crippen LogP contribution in [0.3, 0.4) is 0 Å². The van der Waals surface area contributed by atoms with E-state index in [2.05, 4.69) is 35.7 Å². The summed E-state index contributed by atoms with van der Waals surface area (Å²) in [6.07, 6.45) is 3.01. The highest BCUT2D eigenvalue weighted by Gasteiger charge is 2.19. The number of aryl methyl sites for hydroxylation is 1. The van der Waals surface area contributed by atoms with Crippen LogP contribution in [0.5, 0.6) is 0 Å². The van der Waals surface area contributed by atoms with Gasteiger partial charge in [-0.1, -0.05) is 24.3 Å². The fourth-order valence-electron chi connectivity index (χ4n) is 2.42. The minimum atomic E-state index is 1.05. The molecule has 0 bridgehead atoms. The summed E-state index contributed by atoms with van der Waals surface area (Å²) in [6, 6.07) is 12.4. The SMILES string of the molecule is C(=Nc1c2c(nc3ccccc13)CCS2)c1cccs1. The van der Waals surface area contributed by atoms with Crippen LogP contribution in [-0.2, 0) is 6.42 Å². The fourth-order valence-corrected chi connectivity index (χ4v) is 4.12. The molecule has 0 spiro atoms. The Hall–Kier alpha value is -1.65. The number of nitrogens with zero attached hydrogens (tertiary/aromatic N) is 2. The first-order chi connectivity index (χ1) is 9.92. The molecular weight excluding hydrogens is 284 g/mol. The molecule has 2 aromatic heterocycles. The molecule has 0 unspecified atom stereocenters. The molecule has 98 valence electrons. The van der Waals surface area contributed by atoms with E-state index in [4.69, 9.17) is 9.98 Å². The summed E-state index contributed by atoms with van der Waals surface area (Å²) in [7, 11) is 0. The summed E-state index contributed by atoms with van der Waals surface area (Å²) >= 11 is 3.58. The maximum Gasteiger partial charge on any atom is 0.0878 e. The maximum atomic E-state index is 4.77. The Balaban J connectivity index is 1.92. The van der Waals surface area contributed by atoms with E-state index in [0.717, 1.165) is 28.8 Å². The highest BCUT2D eigenvalue weighted by Crippen LogP contribution is 2.42. The summed E-state index contributed by atoms with van der Waals surface area (Å²) in [5.41, 5.74) is 3.33. The average molecular weight is 296 g/mol. The number of pyridine rings is 1. The molecule has 0 saturated heterocycles. The second-order valence-electron chi connectivity index (χ2n) is 4.63. The van der Waals surface area contributed by atoms with E-state index < -0.39 is 0 Å². The van der Waals surface area contributed by atoms with Crippen molar-refractivity contribution in [2.75, 3.05) is 5.75 Å². The van der Waals surface area contributed by atoms with Gasteiger partial charge < -0.3 is 0 Å². The van der Waals surface area contributed by atoms with Crippen molar-refractivity contribution in [3.05, 3.63) is 52.3 Å². The van der Waals surface area contributed by atoms with Crippen molar-refractivity contribution >= 4 is 45.9 Å². The zero-order valence-electron chi connectivity index (χ0n) is 10.7. The number of aromatic nitrogens is 1. The summed E-state index contributed by atoms with van der Waals surface area (Å²) in [4.78, 5) is 12.0. The Morgan fingerprint density at radius 3 is 3.00 bits per heavy atom. The van der Waals surface area contributed by atoms with Gasteiger partial charge in [0.15, 0.2) is 0 Å². The average Bonchev–Trinajstić information content (AvgIpc) is 3.14. The Morgan fingerprint density at radius 1 is 1.15 bits per heavy atom. The number of thiophene rings is 1. The fraction of sp³-hybridized carbons (Fsp3) is 0.125. The highest BCUT2D eigenvalue weighted by atomic mass is 32.2. The van der Waals surface area contributed by atoms with Crippen LogP contribution < -0.4 is 0 Å². The number of hydrogen-bond acceptors (Lipinski definition) is 4. The van der Waals surface area contributed by atoms with Gasteiger partial charge in [-0.25, -0.2) is 0 Å². The molecule has 0 aliphatic carbocycles. The maximum absolute atomic E-state index is 4.77. The minimum Gasteiger partial charge on any atom is -0.253 e. The van der Waals surface area contributed by atoms with Gasteiger partial charge in [-0.3, -0.25) is 9.98 Å². The normalized spacial score (nSPS) is 14.2. The van der Waals surface area contributed by atoms with Crippen molar-refractivity contribution in [3.8, 4) is 0 Å². The Labute approximate surface area is 125 Å². The molecular formula is C16H12N2S2. The van der Waals surface area contributed by atoms with Gasteiger partial charge in [-0.15, -0.1) is 23.1 Å². The molecule has 4 heteroatoms. The lowest BCUT2D eigenvalue weighted by atomic mass is 10.1. The standard InChI is InChI=1S/C16H12N2S2/c1-2-6-13-12(5-1)15(16-14(18-13)7-9-20-16)17-10-11-4-3-8-19-11/h1-6,8,10H,7,9H2. The van der Waals surface area contributed by atoms with Crippen LogP contribution in [0.2, 0.25) is 0 Å². The first kappa shape index (κ1) is 12.1. The third kappa shape index (κ3) is 2.05. The lowest BCUT2D eigenvalue weighted by Crippen LogP contribution is -1.90. The van der Waals surface area contributed by atoms with Gasteiger partial charge in [0.1, 0.15) is 0 Å². The number of benzene rings is 1. The number of para-hydroxylation sites is 1. The molecule has 0 saturated carbocycles. The quantitative estimate of drug-likeness (QED) is 0.641. The molecule has 20 heavy (non-hydrogen) atoms. The second kappa shape index (κ2) is 5.04. The van der Waals surface area contributed by atoms with Crippen LogP contribution in [0.4, 0.5) is 5.69 Å². The summed E-state index contributed by atoms with van der Waals surface area (Å²) in [6.45, 7) is 0. The number of hydrogen-bond donors (Lipinski definition) is 0. The van der Waals surface area contributed by atoms with Gasteiger partial charge in [0.25, 0.3) is 0 Å². The zero-order chi connectivity index (χ0) is 13.4. The van der Waals surface area contributed by atoms with Crippen LogP contribution in [-0.4, -0.2) is 17.0 Å². The van der Waals surface area contributed by atoms with E-state index in [-0.39, 0.29) is 0 Å². The van der Waals surface area contributed by atoms with Crippen LogP contribution in [0.15, 0.2) is 51.7 Å². The third-order valence-corrected chi connectivity index (χ3v) is 5.27. The predicted molar refractivity (Wildman–Crippen MR) is 87.7 cm³/mol. The van der Waals surface area contributed by atoms with E-state index in [0.29, 0.717) is 0 Å². The Kier molecular flexibility index (Phi) is 3.05. The molecule has 3 aromatic rings. The first-order valence-electron chi connectivity index (χ1n) is 6.54. The number of thioether (sulfide) groups is 1. The van der Waals surface area contributed by atoms with Crippen LogP contribution in [0, 0.1) is 0 Å². The minimum absolute atomic E-state index is 1.05. The summed E-state index contributed by atoms with van der Waals surface area (Å²) < 4.78 is 0. The van der Waals surface area contributed by atoms with Crippen molar-refractivity contribution in [3.63, 3.8) is 0 Å². The third-order valence-electron chi connectivity index (χ3n) is 3.34. The van der Waals surface area contributed by atoms with Gasteiger partial charge in [0.2, 0.25) is 0 Å². The number of fused-ring (bicyclic) bond motifs is 2. The molecule has 0 radical (unpaired) electrons. The molecule has 4 rings (SSSR count). The Bertz CT molecular complexity index is 792. The van der Waals surface area contributed by atoms with E-state index in [1.165, 1.54) is 15.5 Å². The van der Waals surface area contributed by atoms with E-state index in [1.54, 1.807) is 11.3 Å². The van der Waals surface area contributed by atoms with Crippen molar-refractivity contribution < 1.29 is 0 Å². The smallest absolute Gasteiger partial charge is 0.0878 e. The van der Waals surface area contributed by atoms with E-state index in [1.807, 2.05) is 24.0 Å². The number of aliphatic imine (C=N–C) groups is 1. The molecule has 3 heterocycles. The first-order valence-corrected chi connectivity index (χ1v) is 8.40. The molecule has 0 amide bonds. The van der Waals surface area contributed by atoms with Crippen LogP contribution in [0.25, 0.3) is 10.9 Å². The molecule has 1 aromatic carbocycles. The zero-order valence-corrected chi connectivity index (χ0v) is 12.4.